The predicted octanol–water partition coefficient (Wildman–Crippen LogP) is 2.26. The molecule has 0 radical (unpaired) electrons. The van der Waals surface area contributed by atoms with Gasteiger partial charge in [0.25, 0.3) is 10.0 Å². The van der Waals surface area contributed by atoms with Gasteiger partial charge < -0.3 is 5.73 Å². The first kappa shape index (κ1) is 13.6. The summed E-state index contributed by atoms with van der Waals surface area (Å²) >= 11 is 5.68. The molecule has 2 rings (SSSR count). The van der Waals surface area contributed by atoms with Crippen LogP contribution in [0.2, 0.25) is 5.02 Å². The topological polar surface area (TPSA) is 85.1 Å². The Kier molecular flexibility index (Phi) is 3.59. The molecule has 0 atom stereocenters. The number of nitrogens with two attached hydrogens (primary N) is 1. The molecule has 1 aromatic heterocycles. The number of aromatic nitrogens is 1. The van der Waals surface area contributed by atoms with Crippen LogP contribution in [0.1, 0.15) is 0 Å². The number of hydrogen-bond acceptors (Lipinski definition) is 4. The molecule has 0 fully saturated rings. The van der Waals surface area contributed by atoms with E-state index >= 15 is 0 Å². The van der Waals surface area contributed by atoms with Crippen LogP contribution in [0.25, 0.3) is 0 Å². The molecule has 0 amide bonds. The highest BCUT2D eigenvalue weighted by Crippen LogP contribution is 2.24. The Morgan fingerprint density at radius 3 is 2.74 bits per heavy atom. The number of anilines is 2. The summed E-state index contributed by atoms with van der Waals surface area (Å²) in [6.07, 6.45) is 2.44. The van der Waals surface area contributed by atoms with Gasteiger partial charge >= 0.3 is 0 Å². The standard InChI is InChI=1S/C11H9ClFN3O2S/c12-7-1-2-8(13)10(5-7)16-19(17,18)11-6-15-4-3-9(11)14/h1-6,16H,(H2,14,15). The van der Waals surface area contributed by atoms with Crippen molar-refractivity contribution in [1.29, 1.82) is 0 Å². The molecule has 100 valence electrons. The van der Waals surface area contributed by atoms with Crippen molar-refractivity contribution < 1.29 is 12.8 Å². The van der Waals surface area contributed by atoms with Gasteiger partial charge in [0.15, 0.2) is 0 Å². The largest absolute Gasteiger partial charge is 0.398 e. The van der Waals surface area contributed by atoms with Gasteiger partial charge in [-0.1, -0.05) is 11.6 Å². The van der Waals surface area contributed by atoms with Crippen LogP contribution >= 0.6 is 11.6 Å². The normalized spacial score (nSPS) is 11.3. The fraction of sp³-hybridized carbons (Fsp3) is 0. The van der Waals surface area contributed by atoms with Crippen molar-refractivity contribution >= 4 is 33.0 Å². The van der Waals surface area contributed by atoms with Crippen molar-refractivity contribution in [2.75, 3.05) is 10.5 Å². The van der Waals surface area contributed by atoms with Crippen molar-refractivity contribution in [3.05, 3.63) is 47.5 Å². The summed E-state index contributed by atoms with van der Waals surface area (Å²) in [7, 11) is -4.02. The molecule has 0 spiro atoms. The Bertz CT molecular complexity index is 722. The number of nitrogens with zero attached hydrogens (tertiary/aromatic N) is 1. The quantitative estimate of drug-likeness (QED) is 0.910. The van der Waals surface area contributed by atoms with Gasteiger partial charge in [0.1, 0.15) is 10.7 Å². The van der Waals surface area contributed by atoms with Gasteiger partial charge in [0, 0.05) is 17.4 Å². The second kappa shape index (κ2) is 5.02. The molecule has 2 aromatic rings. The zero-order valence-corrected chi connectivity index (χ0v) is 11.0. The summed E-state index contributed by atoms with van der Waals surface area (Å²) in [5, 5.41) is 0.207. The van der Waals surface area contributed by atoms with Crippen molar-refractivity contribution in [3.63, 3.8) is 0 Å². The lowest BCUT2D eigenvalue weighted by Crippen LogP contribution is -2.16. The van der Waals surface area contributed by atoms with E-state index in [1.807, 2.05) is 0 Å². The van der Waals surface area contributed by atoms with Crippen LogP contribution in [0.4, 0.5) is 15.8 Å². The SMILES string of the molecule is Nc1ccncc1S(=O)(=O)Nc1cc(Cl)ccc1F. The lowest BCUT2D eigenvalue weighted by Gasteiger charge is -2.10. The molecular formula is C11H9ClFN3O2S. The summed E-state index contributed by atoms with van der Waals surface area (Å²) < 4.78 is 39.7. The first-order valence-corrected chi connectivity index (χ1v) is 6.93. The molecule has 1 aromatic carbocycles. The molecule has 0 saturated carbocycles. The van der Waals surface area contributed by atoms with Gasteiger partial charge in [-0.25, -0.2) is 12.8 Å². The van der Waals surface area contributed by atoms with E-state index in [9.17, 15) is 12.8 Å². The van der Waals surface area contributed by atoms with Gasteiger partial charge in [-0.05, 0) is 24.3 Å². The summed E-state index contributed by atoms with van der Waals surface area (Å²) in [6.45, 7) is 0. The average molecular weight is 302 g/mol. The van der Waals surface area contributed by atoms with Gasteiger partial charge in [-0.2, -0.15) is 0 Å². The van der Waals surface area contributed by atoms with Crippen LogP contribution in [0, 0.1) is 5.82 Å². The number of halogens is 2. The molecule has 5 nitrogen and oxygen atoms in total. The highest BCUT2D eigenvalue weighted by Gasteiger charge is 2.19. The second-order valence-corrected chi connectivity index (χ2v) is 5.73. The van der Waals surface area contributed by atoms with E-state index in [2.05, 4.69) is 9.71 Å². The maximum atomic E-state index is 13.5. The number of sulfonamides is 1. The zero-order chi connectivity index (χ0) is 14.0. The van der Waals surface area contributed by atoms with Crippen molar-refractivity contribution in [2.45, 2.75) is 4.90 Å². The van der Waals surface area contributed by atoms with Crippen LogP contribution in [0.3, 0.4) is 0 Å². The molecule has 0 aliphatic rings. The second-order valence-electron chi connectivity index (χ2n) is 3.64. The fourth-order valence-electron chi connectivity index (χ4n) is 1.39. The minimum absolute atomic E-state index is 0.0185. The van der Waals surface area contributed by atoms with Crippen LogP contribution < -0.4 is 10.5 Å². The van der Waals surface area contributed by atoms with Gasteiger partial charge in [-0.15, -0.1) is 0 Å². The third-order valence-electron chi connectivity index (χ3n) is 2.28. The summed E-state index contributed by atoms with van der Waals surface area (Å²) in [6, 6.07) is 4.88. The van der Waals surface area contributed by atoms with Gasteiger partial charge in [0.2, 0.25) is 0 Å². The molecular weight excluding hydrogens is 293 g/mol. The van der Waals surface area contributed by atoms with E-state index in [1.165, 1.54) is 24.4 Å². The molecule has 1 heterocycles. The Hall–Kier alpha value is -1.86. The predicted molar refractivity (Wildman–Crippen MR) is 70.9 cm³/mol. The van der Waals surface area contributed by atoms with Gasteiger partial charge in [0.05, 0.1) is 11.4 Å². The summed E-state index contributed by atoms with van der Waals surface area (Å²) in [4.78, 5) is 3.45. The number of rotatable bonds is 3. The molecule has 0 unspecified atom stereocenters. The molecule has 0 aliphatic carbocycles. The Morgan fingerprint density at radius 1 is 1.32 bits per heavy atom. The Balaban J connectivity index is 2.43. The summed E-state index contributed by atoms with van der Waals surface area (Å²) in [5.41, 5.74) is 5.31. The first-order valence-electron chi connectivity index (χ1n) is 5.07. The lowest BCUT2D eigenvalue weighted by atomic mass is 10.3. The Morgan fingerprint density at radius 2 is 2.05 bits per heavy atom. The van der Waals surface area contributed by atoms with Gasteiger partial charge in [-0.3, -0.25) is 9.71 Å². The van der Waals surface area contributed by atoms with Crippen LogP contribution in [0.15, 0.2) is 41.6 Å². The Labute approximate surface area is 114 Å². The minimum atomic E-state index is -4.02. The number of pyridine rings is 1. The van der Waals surface area contributed by atoms with E-state index < -0.39 is 15.8 Å². The number of benzene rings is 1. The van der Waals surface area contributed by atoms with E-state index in [1.54, 1.807) is 0 Å². The fourth-order valence-corrected chi connectivity index (χ4v) is 2.70. The van der Waals surface area contributed by atoms with Crippen LogP contribution in [-0.4, -0.2) is 13.4 Å². The van der Waals surface area contributed by atoms with E-state index in [4.69, 9.17) is 17.3 Å². The molecule has 0 saturated heterocycles. The monoisotopic (exact) mass is 301 g/mol. The van der Waals surface area contributed by atoms with Crippen LogP contribution in [-0.2, 0) is 10.0 Å². The highest BCUT2D eigenvalue weighted by molar-refractivity contribution is 7.92. The maximum absolute atomic E-state index is 13.5. The third kappa shape index (κ3) is 2.94. The number of hydrogen-bond donors (Lipinski definition) is 2. The lowest BCUT2D eigenvalue weighted by molar-refractivity contribution is 0.598. The van der Waals surface area contributed by atoms with Crippen molar-refractivity contribution in [2.24, 2.45) is 0 Å². The smallest absolute Gasteiger partial charge is 0.265 e. The maximum Gasteiger partial charge on any atom is 0.265 e. The molecule has 0 bridgehead atoms. The number of nitrogens with one attached hydrogen (secondary N) is 1. The first-order chi connectivity index (χ1) is 8.90. The molecule has 8 heteroatoms. The van der Waals surface area contributed by atoms with Crippen molar-refractivity contribution in [1.82, 2.24) is 4.98 Å². The minimum Gasteiger partial charge on any atom is -0.398 e. The molecule has 3 N–H and O–H groups in total. The molecule has 19 heavy (non-hydrogen) atoms. The van der Waals surface area contributed by atoms with Crippen molar-refractivity contribution in [3.8, 4) is 0 Å². The molecule has 0 aliphatic heterocycles. The van der Waals surface area contributed by atoms with E-state index in [0.717, 1.165) is 12.3 Å². The number of nitrogen functional groups attached to an aromatic ring is 1. The highest BCUT2D eigenvalue weighted by atomic mass is 35.5. The van der Waals surface area contributed by atoms with E-state index in [0.29, 0.717) is 0 Å². The average Bonchev–Trinajstić information content (AvgIpc) is 2.34. The summed E-state index contributed by atoms with van der Waals surface area (Å²) in [5.74, 6) is -0.740. The van der Waals surface area contributed by atoms with E-state index in [-0.39, 0.29) is 21.3 Å². The zero-order valence-electron chi connectivity index (χ0n) is 9.47. The van der Waals surface area contributed by atoms with Crippen LogP contribution in [0.5, 0.6) is 0 Å². The third-order valence-corrected chi connectivity index (χ3v) is 3.92.